The summed E-state index contributed by atoms with van der Waals surface area (Å²) in [6, 6.07) is 5.51. The molecule has 136 valence electrons. The molecule has 3 aromatic rings. The minimum atomic E-state index is -3.62. The van der Waals surface area contributed by atoms with E-state index >= 15 is 0 Å². The summed E-state index contributed by atoms with van der Waals surface area (Å²) in [7, 11) is -3.62. The number of rotatable bonds is 8. The number of hydrogen-bond acceptors (Lipinski definition) is 9. The maximum atomic E-state index is 11.9. The van der Waals surface area contributed by atoms with Crippen LogP contribution in [0.3, 0.4) is 0 Å². The third-order valence-electron chi connectivity index (χ3n) is 3.28. The van der Waals surface area contributed by atoms with Gasteiger partial charge in [0.2, 0.25) is 10.0 Å². The van der Waals surface area contributed by atoms with Crippen molar-refractivity contribution in [3.63, 3.8) is 0 Å². The molecule has 0 fully saturated rings. The molecule has 3 rings (SSSR count). The molecule has 0 radical (unpaired) electrons. The minimum absolute atomic E-state index is 0.0170. The molecule has 0 aliphatic rings. The van der Waals surface area contributed by atoms with Gasteiger partial charge in [-0.15, -0.1) is 0 Å². The van der Waals surface area contributed by atoms with Crippen LogP contribution in [0.15, 0.2) is 52.6 Å². The highest BCUT2D eigenvalue weighted by molar-refractivity contribution is 7.89. The monoisotopic (exact) mass is 375 g/mol. The maximum absolute atomic E-state index is 11.9. The minimum Gasteiger partial charge on any atom is -0.369 e. The topological polar surface area (TPSA) is 135 Å². The SMILES string of the molecule is Cc1ccnc(Nc2cc(NCCNS(=O)(=O)c3cnoc3)ncn2)c1. The Morgan fingerprint density at radius 2 is 1.88 bits per heavy atom. The summed E-state index contributed by atoms with van der Waals surface area (Å²) in [5.74, 6) is 1.81. The Morgan fingerprint density at radius 1 is 1.08 bits per heavy atom. The fourth-order valence-electron chi connectivity index (χ4n) is 2.05. The van der Waals surface area contributed by atoms with Gasteiger partial charge in [0.25, 0.3) is 0 Å². The van der Waals surface area contributed by atoms with Crippen LogP contribution in [-0.4, -0.2) is 41.6 Å². The van der Waals surface area contributed by atoms with Crippen molar-refractivity contribution in [1.29, 1.82) is 0 Å². The quantitative estimate of drug-likeness (QED) is 0.498. The number of hydrogen-bond donors (Lipinski definition) is 3. The van der Waals surface area contributed by atoms with Crippen molar-refractivity contribution < 1.29 is 12.9 Å². The van der Waals surface area contributed by atoms with E-state index in [4.69, 9.17) is 0 Å². The zero-order valence-electron chi connectivity index (χ0n) is 13.9. The molecule has 0 unspecified atom stereocenters. The van der Waals surface area contributed by atoms with Crippen molar-refractivity contribution in [2.45, 2.75) is 11.8 Å². The Hall–Kier alpha value is -3.05. The average Bonchev–Trinajstić information content (AvgIpc) is 3.15. The van der Waals surface area contributed by atoms with E-state index in [2.05, 4.69) is 40.0 Å². The van der Waals surface area contributed by atoms with Gasteiger partial charge in [-0.1, -0.05) is 5.16 Å². The summed E-state index contributed by atoms with van der Waals surface area (Å²) in [5.41, 5.74) is 1.08. The van der Waals surface area contributed by atoms with Crippen molar-refractivity contribution in [2.75, 3.05) is 23.7 Å². The van der Waals surface area contributed by atoms with Crippen LogP contribution in [0.1, 0.15) is 5.56 Å². The van der Waals surface area contributed by atoms with Crippen LogP contribution in [0.25, 0.3) is 0 Å². The Morgan fingerprint density at radius 3 is 2.65 bits per heavy atom. The van der Waals surface area contributed by atoms with Gasteiger partial charge in [0.15, 0.2) is 0 Å². The molecule has 10 nitrogen and oxygen atoms in total. The van der Waals surface area contributed by atoms with Gasteiger partial charge in [0.1, 0.15) is 34.9 Å². The molecule has 3 heterocycles. The van der Waals surface area contributed by atoms with E-state index in [-0.39, 0.29) is 11.4 Å². The van der Waals surface area contributed by atoms with E-state index in [1.165, 1.54) is 6.33 Å². The van der Waals surface area contributed by atoms with Gasteiger partial charge in [0, 0.05) is 25.4 Å². The first kappa shape index (κ1) is 17.8. The molecule has 0 atom stereocenters. The Balaban J connectivity index is 1.53. The number of nitrogens with one attached hydrogen (secondary N) is 3. The van der Waals surface area contributed by atoms with Gasteiger partial charge in [-0.25, -0.2) is 28.1 Å². The predicted octanol–water partition coefficient (Wildman–Crippen LogP) is 1.30. The number of nitrogens with zero attached hydrogens (tertiary/aromatic N) is 4. The highest BCUT2D eigenvalue weighted by atomic mass is 32.2. The van der Waals surface area contributed by atoms with E-state index in [0.29, 0.717) is 24.0 Å². The summed E-state index contributed by atoms with van der Waals surface area (Å²) in [6.07, 6.45) is 5.32. The lowest BCUT2D eigenvalue weighted by atomic mass is 10.3. The first-order valence-corrected chi connectivity index (χ1v) is 9.16. The molecule has 11 heteroatoms. The Bertz CT molecular complexity index is 961. The smallest absolute Gasteiger partial charge is 0.245 e. The molecule has 0 bridgehead atoms. The molecule has 0 aromatic carbocycles. The van der Waals surface area contributed by atoms with Crippen LogP contribution in [0.4, 0.5) is 17.5 Å². The van der Waals surface area contributed by atoms with Crippen molar-refractivity contribution in [3.05, 3.63) is 48.7 Å². The van der Waals surface area contributed by atoms with Crippen molar-refractivity contribution in [3.8, 4) is 0 Å². The second-order valence-electron chi connectivity index (χ2n) is 5.32. The molecule has 0 spiro atoms. The molecule has 0 aliphatic heterocycles. The zero-order valence-corrected chi connectivity index (χ0v) is 14.7. The molecule has 3 aromatic heterocycles. The molecule has 3 N–H and O–H groups in total. The number of sulfonamides is 1. The van der Waals surface area contributed by atoms with Gasteiger partial charge in [-0.05, 0) is 24.6 Å². The third kappa shape index (κ3) is 4.74. The summed E-state index contributed by atoms with van der Waals surface area (Å²) in [5, 5.41) is 9.48. The highest BCUT2D eigenvalue weighted by Gasteiger charge is 2.15. The molecule has 0 saturated carbocycles. The first-order valence-electron chi connectivity index (χ1n) is 7.67. The molecule has 0 aliphatic carbocycles. The average molecular weight is 375 g/mol. The Labute approximate surface area is 150 Å². The van der Waals surface area contributed by atoms with Crippen LogP contribution in [0.2, 0.25) is 0 Å². The van der Waals surface area contributed by atoms with Crippen LogP contribution in [0.5, 0.6) is 0 Å². The van der Waals surface area contributed by atoms with Crippen LogP contribution < -0.4 is 15.4 Å². The molecular weight excluding hydrogens is 358 g/mol. The van der Waals surface area contributed by atoms with Crippen molar-refractivity contribution in [2.24, 2.45) is 0 Å². The molecule has 26 heavy (non-hydrogen) atoms. The first-order chi connectivity index (χ1) is 12.5. The normalized spacial score (nSPS) is 11.3. The van der Waals surface area contributed by atoms with E-state index < -0.39 is 10.0 Å². The highest BCUT2D eigenvalue weighted by Crippen LogP contribution is 2.15. The predicted molar refractivity (Wildman–Crippen MR) is 94.5 cm³/mol. The van der Waals surface area contributed by atoms with E-state index in [1.807, 2.05) is 19.1 Å². The lowest BCUT2D eigenvalue weighted by Gasteiger charge is -2.09. The van der Waals surface area contributed by atoms with Crippen LogP contribution in [-0.2, 0) is 10.0 Å². The van der Waals surface area contributed by atoms with E-state index in [0.717, 1.165) is 18.0 Å². The Kier molecular flexibility index (Phi) is 5.39. The largest absolute Gasteiger partial charge is 0.369 e. The van der Waals surface area contributed by atoms with Crippen molar-refractivity contribution >= 4 is 27.5 Å². The second-order valence-corrected chi connectivity index (χ2v) is 7.08. The standard InChI is InChI=1S/C15H17N7O3S/c1-11-2-3-16-14(6-11)22-15-7-13(18-10-19-15)17-4-5-21-26(23,24)12-8-20-25-9-12/h2-3,6-10,21H,4-5H2,1H3,(H2,16,17,18,19,22). The second kappa shape index (κ2) is 7.89. The van der Waals surface area contributed by atoms with Gasteiger partial charge < -0.3 is 15.2 Å². The van der Waals surface area contributed by atoms with E-state index in [9.17, 15) is 8.42 Å². The zero-order chi connectivity index (χ0) is 18.4. The fraction of sp³-hybridized carbons (Fsp3) is 0.200. The number of aryl methyl sites for hydroxylation is 1. The summed E-state index contributed by atoms with van der Waals surface area (Å²) in [6.45, 7) is 2.48. The number of pyridine rings is 1. The van der Waals surface area contributed by atoms with Gasteiger partial charge >= 0.3 is 0 Å². The van der Waals surface area contributed by atoms with E-state index in [1.54, 1.807) is 12.3 Å². The fourth-order valence-corrected chi connectivity index (χ4v) is 2.93. The third-order valence-corrected chi connectivity index (χ3v) is 4.69. The van der Waals surface area contributed by atoms with Crippen LogP contribution >= 0.6 is 0 Å². The number of aromatic nitrogens is 4. The lowest BCUT2D eigenvalue weighted by molar-refractivity contribution is 0.417. The van der Waals surface area contributed by atoms with Gasteiger partial charge in [-0.2, -0.15) is 0 Å². The van der Waals surface area contributed by atoms with Crippen molar-refractivity contribution in [1.82, 2.24) is 24.8 Å². The summed E-state index contributed by atoms with van der Waals surface area (Å²) >= 11 is 0. The summed E-state index contributed by atoms with van der Waals surface area (Å²) in [4.78, 5) is 12.4. The van der Waals surface area contributed by atoms with Gasteiger partial charge in [0.05, 0.1) is 6.20 Å². The lowest BCUT2D eigenvalue weighted by Crippen LogP contribution is -2.28. The molecule has 0 amide bonds. The maximum Gasteiger partial charge on any atom is 0.245 e. The number of anilines is 3. The van der Waals surface area contributed by atoms with Gasteiger partial charge in [-0.3, -0.25) is 0 Å². The van der Waals surface area contributed by atoms with Crippen LogP contribution in [0, 0.1) is 6.92 Å². The summed E-state index contributed by atoms with van der Waals surface area (Å²) < 4.78 is 30.8. The molecular formula is C15H17N7O3S. The molecule has 0 saturated heterocycles.